The molecule has 0 atom stereocenters. The van der Waals surface area contributed by atoms with Gasteiger partial charge in [0.2, 0.25) is 11.9 Å². The average molecular weight is 1840 g/mol. The molecule has 4 aliphatic heterocycles. The molecule has 4 saturated heterocycles. The number of rotatable bonds is 31. The molecule has 21 nitrogen and oxygen atoms in total. The van der Waals surface area contributed by atoms with E-state index in [0.717, 1.165) is 239 Å². The van der Waals surface area contributed by atoms with Gasteiger partial charge in [-0.3, -0.25) is 4.90 Å². The van der Waals surface area contributed by atoms with Crippen molar-refractivity contribution in [3.63, 3.8) is 0 Å². The lowest BCUT2D eigenvalue weighted by Gasteiger charge is -2.37. The zero-order valence-electron chi connectivity index (χ0n) is 89.0. The molecule has 21 heteroatoms. The molecule has 2 saturated carbocycles. The minimum Gasteiger partial charge on any atom is -0.494 e. The summed E-state index contributed by atoms with van der Waals surface area (Å²) in [7, 11) is 4.12. The van der Waals surface area contributed by atoms with Crippen molar-refractivity contribution in [1.29, 1.82) is 0 Å². The van der Waals surface area contributed by atoms with Crippen LogP contribution in [0.1, 0.15) is 310 Å². The van der Waals surface area contributed by atoms with Crippen LogP contribution >= 0.6 is 0 Å². The minimum absolute atomic E-state index is 0.0107. The Bertz CT molecular complexity index is 4260. The number of anilines is 6. The van der Waals surface area contributed by atoms with Crippen molar-refractivity contribution in [2.75, 3.05) is 183 Å². The summed E-state index contributed by atoms with van der Waals surface area (Å²) in [6.45, 7) is 80.4. The Hall–Kier alpha value is -8.05. The number of hydrogen-bond acceptors (Lipinski definition) is 21. The van der Waals surface area contributed by atoms with Crippen molar-refractivity contribution < 1.29 is 23.7 Å². The van der Waals surface area contributed by atoms with Crippen LogP contribution in [0.3, 0.4) is 0 Å². The number of pyridine rings is 1. The molecule has 6 fully saturated rings. The molecule has 744 valence electrons. The van der Waals surface area contributed by atoms with Crippen molar-refractivity contribution >= 4 is 35.2 Å². The van der Waals surface area contributed by atoms with Gasteiger partial charge in [-0.05, 0) is 240 Å². The first kappa shape index (κ1) is 112. The fraction of sp³-hybridized carbons (Fsp3) is 0.670. The summed E-state index contributed by atoms with van der Waals surface area (Å²) in [6, 6.07) is 44.8. The summed E-state index contributed by atoms with van der Waals surface area (Å²) in [5.41, 5.74) is 10.0. The smallest absolute Gasteiger partial charge is 0.227 e. The largest absolute Gasteiger partial charge is 0.494 e. The summed E-state index contributed by atoms with van der Waals surface area (Å²) in [6.07, 6.45) is 15.9. The highest BCUT2D eigenvalue weighted by atomic mass is 16.5. The second-order valence-corrected chi connectivity index (χ2v) is 45.2. The Balaban J connectivity index is 0.000000213. The first-order valence-corrected chi connectivity index (χ1v) is 51.1. The van der Waals surface area contributed by atoms with E-state index < -0.39 is 0 Å². The van der Waals surface area contributed by atoms with Crippen molar-refractivity contribution in [3.05, 3.63) is 161 Å². The SMILES string of the molecule is CC(C)(C)c1cc(NC2CCC2)nc(N2CCNCC2)c1.CC(C)CCCOc1ccc(C(C)(C)C)cc1.CC(C)N1CCN(c2nc(NC3CCC3)cc(C(C)(C)C)n2)CC1.CCCCCOc1ccc(C(C)(C)C)cc1.CCNCCCOc1ccc(C(C)(C)C)cc1.CN1CCN(c2nc(NC3COC3)cc(C(C)(C)C)n2)CC1.CNCCCOc1ccc(C(C)(C)C)cc1. The van der Waals surface area contributed by atoms with Gasteiger partial charge in [-0.2, -0.15) is 9.97 Å². The first-order chi connectivity index (χ1) is 62.8. The highest BCUT2D eigenvalue weighted by Gasteiger charge is 2.30. The summed E-state index contributed by atoms with van der Waals surface area (Å²) < 4.78 is 28.0. The summed E-state index contributed by atoms with van der Waals surface area (Å²) in [4.78, 5) is 36.1. The molecular weight excluding hydrogens is 1650 g/mol. The van der Waals surface area contributed by atoms with E-state index in [1.165, 1.54) is 85.6 Å². The van der Waals surface area contributed by atoms with Gasteiger partial charge in [0, 0.05) is 120 Å². The van der Waals surface area contributed by atoms with Gasteiger partial charge in [-0.25, -0.2) is 15.0 Å². The van der Waals surface area contributed by atoms with Crippen LogP contribution in [-0.4, -0.2) is 211 Å². The second kappa shape index (κ2) is 54.8. The van der Waals surface area contributed by atoms with E-state index in [9.17, 15) is 0 Å². The van der Waals surface area contributed by atoms with Crippen LogP contribution in [0.5, 0.6) is 23.0 Å². The van der Waals surface area contributed by atoms with Gasteiger partial charge in [0.15, 0.2) is 0 Å². The molecule has 7 aromatic rings. The Morgan fingerprint density at radius 2 is 0.759 bits per heavy atom. The number of aromatic nitrogens is 5. The molecule has 4 aromatic carbocycles. The third-order valence-electron chi connectivity index (χ3n) is 25.1. The Kier molecular flexibility index (Phi) is 46.1. The average Bonchev–Trinajstić information content (AvgIpc) is 0.808. The van der Waals surface area contributed by atoms with Crippen molar-refractivity contribution in [2.24, 2.45) is 5.92 Å². The van der Waals surface area contributed by atoms with E-state index in [1.807, 2.05) is 7.05 Å². The van der Waals surface area contributed by atoms with Gasteiger partial charge < -0.3 is 75.2 Å². The topological polar surface area (TPSA) is 199 Å². The van der Waals surface area contributed by atoms with Crippen molar-refractivity contribution in [2.45, 2.75) is 332 Å². The van der Waals surface area contributed by atoms with E-state index in [1.54, 1.807) is 0 Å². The van der Waals surface area contributed by atoms with Crippen LogP contribution in [0, 0.1) is 5.92 Å². The van der Waals surface area contributed by atoms with E-state index >= 15 is 0 Å². The maximum Gasteiger partial charge on any atom is 0.227 e. The highest BCUT2D eigenvalue weighted by molar-refractivity contribution is 5.54. The molecule has 13 rings (SSSR count). The number of ether oxygens (including phenoxy) is 5. The van der Waals surface area contributed by atoms with E-state index in [0.29, 0.717) is 24.2 Å². The molecule has 0 spiro atoms. The second-order valence-electron chi connectivity index (χ2n) is 45.2. The predicted molar refractivity (Wildman–Crippen MR) is 567 cm³/mol. The number of hydrogen-bond donors (Lipinski definition) is 6. The van der Waals surface area contributed by atoms with Crippen LogP contribution in [0.15, 0.2) is 121 Å². The normalized spacial score (nSPS) is 16.1. The number of piperazine rings is 3. The molecule has 0 unspecified atom stereocenters. The molecule has 6 aliphatic rings. The molecule has 2 aliphatic carbocycles. The summed E-state index contributed by atoms with van der Waals surface area (Å²) >= 11 is 0. The van der Waals surface area contributed by atoms with Gasteiger partial charge in [0.25, 0.3) is 0 Å². The third kappa shape index (κ3) is 41.8. The molecule has 7 heterocycles. The fourth-order valence-electron chi connectivity index (χ4n) is 15.1. The lowest BCUT2D eigenvalue weighted by molar-refractivity contribution is 0.0209. The van der Waals surface area contributed by atoms with Crippen LogP contribution in [-0.2, 0) is 42.6 Å². The van der Waals surface area contributed by atoms with E-state index in [4.69, 9.17) is 48.6 Å². The van der Waals surface area contributed by atoms with Crippen molar-refractivity contribution in [3.8, 4) is 23.0 Å². The molecular formula is C112H186N16O5. The maximum atomic E-state index is 5.72. The number of likely N-dealkylation sites (N-methyl/N-ethyl adjacent to an activating group) is 1. The van der Waals surface area contributed by atoms with Gasteiger partial charge >= 0.3 is 0 Å². The monoisotopic (exact) mass is 1840 g/mol. The number of nitrogens with zero attached hydrogens (tertiary/aromatic N) is 10. The van der Waals surface area contributed by atoms with Gasteiger partial charge in [-0.15, -0.1) is 0 Å². The summed E-state index contributed by atoms with van der Waals surface area (Å²) in [5.74, 6) is 10.5. The minimum atomic E-state index is 0.0107. The van der Waals surface area contributed by atoms with Crippen LogP contribution in [0.4, 0.5) is 35.2 Å². The maximum absolute atomic E-state index is 5.72. The predicted octanol–water partition coefficient (Wildman–Crippen LogP) is 23.0. The van der Waals surface area contributed by atoms with Crippen LogP contribution in [0.25, 0.3) is 0 Å². The molecule has 0 amide bonds. The zero-order chi connectivity index (χ0) is 97.6. The first-order valence-electron chi connectivity index (χ1n) is 51.1. The molecule has 6 N–H and O–H groups in total. The summed E-state index contributed by atoms with van der Waals surface area (Å²) in [5, 5.41) is 20.5. The van der Waals surface area contributed by atoms with E-state index in [-0.39, 0.29) is 37.9 Å². The van der Waals surface area contributed by atoms with Crippen molar-refractivity contribution in [1.82, 2.24) is 50.7 Å². The quantitative estimate of drug-likeness (QED) is 0.0224. The van der Waals surface area contributed by atoms with Gasteiger partial charge in [0.1, 0.15) is 46.3 Å². The highest BCUT2D eigenvalue weighted by Crippen LogP contribution is 2.35. The number of unbranched alkanes of at least 4 members (excludes halogenated alkanes) is 2. The third-order valence-corrected chi connectivity index (χ3v) is 25.1. The number of benzene rings is 4. The number of nitrogens with one attached hydrogen (secondary N) is 6. The molecule has 133 heavy (non-hydrogen) atoms. The van der Waals surface area contributed by atoms with E-state index in [2.05, 4.69) is 372 Å². The van der Waals surface area contributed by atoms with Crippen LogP contribution < -0.4 is 65.5 Å². The fourth-order valence-corrected chi connectivity index (χ4v) is 15.1. The lowest BCUT2D eigenvalue weighted by Crippen LogP contribution is -2.49. The van der Waals surface area contributed by atoms with Gasteiger partial charge in [-0.1, -0.05) is 234 Å². The van der Waals surface area contributed by atoms with Gasteiger partial charge in [0.05, 0.1) is 57.1 Å². The Morgan fingerprint density at radius 1 is 0.391 bits per heavy atom. The van der Waals surface area contributed by atoms with Crippen LogP contribution in [0.2, 0.25) is 0 Å². The Morgan fingerprint density at radius 3 is 1.09 bits per heavy atom. The standard InChI is InChI=1S/C19H33N5.C17H28N4.C16H27N5O.C16H26O.C15H25NO.C15H24O.C14H23NO/c1-14(2)23-9-11-24(12-10-23)18-21-16(19(3,4)5)13-17(22-18)20-15-7-6-8-15;1-17(2,3)13-11-15(19-14-5-4-6-14)20-16(12-13)21-9-7-18-8-10-21;1-16(2,3)13-9-14(17-12-10-22-11-12)19-15(18-13)21-7-5-20(4)6-8-21;1-13(2)7-6-12-17-15-10-8-14(9-11-15)16(3,4)5;1-5-16-11-6-12-17-14-9-7-13(8-10-14)15(2,3)4;1-5-6-7-12-16-14-10-8-13(9-11-14)15(2,3)4;1-14(2,3)12-6-8-13(9-7-12)16-11-5-10-15-4/h13-15H,6-12H2,1-5H3,(H,20,21,22);11-12,14,18H,4-10H2,1-3H3,(H,19,20);9,12H,5-8,10-11H2,1-4H3,(H,17,18,19);8-11,13H,6-7,12H2,1-5H3;7-10,16H,5-6,11-12H2,1-4H3;8-11H,5-7,12H2,1-4H3;6-9,15H,5,10-11H2,1-4H3. The Labute approximate surface area is 809 Å². The zero-order valence-corrected chi connectivity index (χ0v) is 89.0. The molecule has 0 bridgehead atoms. The molecule has 0 radical (unpaired) electrons. The molecule has 3 aromatic heterocycles. The lowest BCUT2D eigenvalue weighted by atomic mass is 9.87.